The number of phosphoric acid groups is 1. The van der Waals surface area contributed by atoms with Crippen LogP contribution < -0.4 is 5.73 Å². The first-order valence-electron chi connectivity index (χ1n) is 5.89. The lowest BCUT2D eigenvalue weighted by atomic mass is 10.1. The SMILES string of the molecule is Nc1c(C(=O)O)ncn1C1O[C@H](COP(=O)(O)O)[C@@H](O)[C@H]1O. The zero-order valence-corrected chi connectivity index (χ0v) is 11.8. The summed E-state index contributed by atoms with van der Waals surface area (Å²) in [7, 11) is -4.77. The van der Waals surface area contributed by atoms with Crippen LogP contribution in [0.25, 0.3) is 0 Å². The molecule has 124 valence electrons. The number of hydrogen-bond acceptors (Lipinski definition) is 8. The number of anilines is 1. The number of carbonyl (C=O) groups is 1. The van der Waals surface area contributed by atoms with Crippen LogP contribution in [-0.4, -0.2) is 65.5 Å². The number of aliphatic hydroxyl groups excluding tert-OH is 2. The highest BCUT2D eigenvalue weighted by Crippen LogP contribution is 2.38. The van der Waals surface area contributed by atoms with Crippen molar-refractivity contribution in [1.29, 1.82) is 0 Å². The first-order valence-corrected chi connectivity index (χ1v) is 7.42. The van der Waals surface area contributed by atoms with Gasteiger partial charge in [0.1, 0.15) is 24.1 Å². The molecule has 2 heterocycles. The molecular formula is C9H14N3O9P. The Bertz CT molecular complexity index is 613. The van der Waals surface area contributed by atoms with Gasteiger partial charge in [0.25, 0.3) is 0 Å². The molecule has 22 heavy (non-hydrogen) atoms. The minimum Gasteiger partial charge on any atom is -0.476 e. The highest BCUT2D eigenvalue weighted by molar-refractivity contribution is 7.46. The van der Waals surface area contributed by atoms with Crippen molar-refractivity contribution in [2.45, 2.75) is 24.5 Å². The van der Waals surface area contributed by atoms with Gasteiger partial charge < -0.3 is 35.6 Å². The summed E-state index contributed by atoms with van der Waals surface area (Å²) < 4.78 is 21.1. The summed E-state index contributed by atoms with van der Waals surface area (Å²) in [6, 6.07) is 0. The number of phosphoric ester groups is 1. The fourth-order valence-electron chi connectivity index (χ4n) is 2.01. The van der Waals surface area contributed by atoms with Crippen molar-refractivity contribution in [1.82, 2.24) is 9.55 Å². The van der Waals surface area contributed by atoms with Gasteiger partial charge in [-0.25, -0.2) is 14.3 Å². The van der Waals surface area contributed by atoms with E-state index in [2.05, 4.69) is 9.51 Å². The molecule has 0 amide bonds. The Balaban J connectivity index is 2.16. The number of ether oxygens (including phenoxy) is 1. The first kappa shape index (κ1) is 16.8. The summed E-state index contributed by atoms with van der Waals surface area (Å²) in [6.45, 7) is -0.681. The second-order valence-electron chi connectivity index (χ2n) is 4.52. The van der Waals surface area contributed by atoms with Crippen molar-refractivity contribution >= 4 is 19.6 Å². The molecule has 7 N–H and O–H groups in total. The van der Waals surface area contributed by atoms with Crippen LogP contribution in [0.15, 0.2) is 6.33 Å². The van der Waals surface area contributed by atoms with Crippen LogP contribution in [0.2, 0.25) is 0 Å². The van der Waals surface area contributed by atoms with Crippen LogP contribution in [0.1, 0.15) is 16.7 Å². The largest absolute Gasteiger partial charge is 0.476 e. The molecule has 0 spiro atoms. The van der Waals surface area contributed by atoms with Gasteiger partial charge in [-0.3, -0.25) is 9.09 Å². The normalized spacial score (nSPS) is 28.9. The van der Waals surface area contributed by atoms with E-state index in [-0.39, 0.29) is 5.82 Å². The highest BCUT2D eigenvalue weighted by atomic mass is 31.2. The molecule has 0 aliphatic carbocycles. The lowest BCUT2D eigenvalue weighted by Gasteiger charge is -2.17. The first-order chi connectivity index (χ1) is 10.1. The van der Waals surface area contributed by atoms with Gasteiger partial charge in [-0.1, -0.05) is 0 Å². The Kier molecular flexibility index (Phi) is 4.54. The quantitative estimate of drug-likeness (QED) is 0.321. The van der Waals surface area contributed by atoms with Crippen molar-refractivity contribution in [2.75, 3.05) is 12.3 Å². The fraction of sp³-hybridized carbons (Fsp3) is 0.556. The number of nitrogen functional groups attached to an aromatic ring is 1. The fourth-order valence-corrected chi connectivity index (χ4v) is 2.35. The zero-order valence-electron chi connectivity index (χ0n) is 10.9. The van der Waals surface area contributed by atoms with E-state index in [0.29, 0.717) is 0 Å². The van der Waals surface area contributed by atoms with Crippen LogP contribution in [0.3, 0.4) is 0 Å². The number of carboxylic acids is 1. The summed E-state index contributed by atoms with van der Waals surface area (Å²) in [5.74, 6) is -1.69. The molecule has 0 saturated carbocycles. The molecule has 0 aromatic carbocycles. The van der Waals surface area contributed by atoms with E-state index < -0.39 is 50.6 Å². The molecule has 1 aromatic rings. The molecule has 1 saturated heterocycles. The number of hydrogen-bond donors (Lipinski definition) is 6. The lowest BCUT2D eigenvalue weighted by molar-refractivity contribution is -0.0511. The number of aromatic carboxylic acids is 1. The topological polar surface area (TPSA) is 198 Å². The van der Waals surface area contributed by atoms with Gasteiger partial charge in [-0.15, -0.1) is 0 Å². The van der Waals surface area contributed by atoms with Crippen molar-refractivity contribution in [3.63, 3.8) is 0 Å². The molecule has 0 radical (unpaired) electrons. The average Bonchev–Trinajstić information content (AvgIpc) is 2.90. The maximum atomic E-state index is 10.9. The van der Waals surface area contributed by atoms with Gasteiger partial charge in [0.2, 0.25) is 0 Å². The van der Waals surface area contributed by atoms with E-state index in [1.54, 1.807) is 0 Å². The average molecular weight is 339 g/mol. The smallest absolute Gasteiger partial charge is 0.469 e. The van der Waals surface area contributed by atoms with Gasteiger partial charge >= 0.3 is 13.8 Å². The summed E-state index contributed by atoms with van der Waals surface area (Å²) in [5, 5.41) is 28.6. The Labute approximate surface area is 123 Å². The number of rotatable bonds is 5. The molecule has 4 atom stereocenters. The Morgan fingerprint density at radius 3 is 2.59 bits per heavy atom. The van der Waals surface area contributed by atoms with Crippen LogP contribution in [0, 0.1) is 0 Å². The van der Waals surface area contributed by atoms with Gasteiger partial charge in [-0.2, -0.15) is 0 Å². The van der Waals surface area contributed by atoms with E-state index in [1.807, 2.05) is 0 Å². The molecule has 1 aliphatic rings. The maximum Gasteiger partial charge on any atom is 0.469 e. The molecular weight excluding hydrogens is 325 g/mol. The third-order valence-corrected chi connectivity index (χ3v) is 3.54. The molecule has 1 aromatic heterocycles. The molecule has 12 nitrogen and oxygen atoms in total. The van der Waals surface area contributed by atoms with E-state index in [4.69, 9.17) is 25.4 Å². The monoisotopic (exact) mass is 339 g/mol. The number of aliphatic hydroxyl groups is 2. The Morgan fingerprint density at radius 1 is 1.45 bits per heavy atom. The van der Waals surface area contributed by atoms with E-state index in [0.717, 1.165) is 10.9 Å². The predicted molar refractivity (Wildman–Crippen MR) is 67.5 cm³/mol. The van der Waals surface area contributed by atoms with Crippen LogP contribution in [0.5, 0.6) is 0 Å². The molecule has 2 rings (SSSR count). The van der Waals surface area contributed by atoms with Gasteiger partial charge in [0.05, 0.1) is 12.9 Å². The summed E-state index contributed by atoms with van der Waals surface area (Å²) in [5.41, 5.74) is 5.11. The maximum absolute atomic E-state index is 10.9. The van der Waals surface area contributed by atoms with Gasteiger partial charge in [0.15, 0.2) is 11.9 Å². The Morgan fingerprint density at radius 2 is 2.09 bits per heavy atom. The second-order valence-corrected chi connectivity index (χ2v) is 5.76. The van der Waals surface area contributed by atoms with Crippen molar-refractivity contribution < 1.29 is 43.7 Å². The highest BCUT2D eigenvalue weighted by Gasteiger charge is 2.45. The zero-order chi connectivity index (χ0) is 16.7. The summed E-state index contributed by atoms with van der Waals surface area (Å²) >= 11 is 0. The third kappa shape index (κ3) is 3.28. The van der Waals surface area contributed by atoms with E-state index in [9.17, 15) is 19.6 Å². The van der Waals surface area contributed by atoms with Crippen molar-refractivity contribution in [2.24, 2.45) is 0 Å². The minimum absolute atomic E-state index is 0.305. The minimum atomic E-state index is -4.77. The van der Waals surface area contributed by atoms with Crippen LogP contribution in [0.4, 0.5) is 5.82 Å². The van der Waals surface area contributed by atoms with E-state index >= 15 is 0 Å². The molecule has 1 aliphatic heterocycles. The number of nitrogens with two attached hydrogens (primary N) is 1. The summed E-state index contributed by atoms with van der Waals surface area (Å²) in [6.07, 6.45) is -4.56. The van der Waals surface area contributed by atoms with Crippen molar-refractivity contribution in [3.05, 3.63) is 12.0 Å². The molecule has 13 heteroatoms. The lowest BCUT2D eigenvalue weighted by Crippen LogP contribution is -2.33. The molecule has 0 bridgehead atoms. The van der Waals surface area contributed by atoms with Gasteiger partial charge in [0, 0.05) is 0 Å². The standard InChI is InChI=1S/C9H14N3O9P/c10-7-4(9(15)16)11-2-12(7)8-6(14)5(13)3(21-8)1-20-22(17,18)19/h2-3,5-6,8,13-14H,1,10H2,(H,15,16)(H2,17,18,19)/t3-,5-,6-,8?/m1/s1. The molecule has 1 unspecified atom stereocenters. The number of aromatic nitrogens is 2. The summed E-state index contributed by atoms with van der Waals surface area (Å²) in [4.78, 5) is 31.6. The van der Waals surface area contributed by atoms with Crippen LogP contribution >= 0.6 is 7.82 Å². The molecule has 1 fully saturated rings. The second kappa shape index (κ2) is 5.93. The Hall–Kier alpha value is -1.53. The van der Waals surface area contributed by atoms with Crippen LogP contribution in [-0.2, 0) is 13.8 Å². The number of imidazole rings is 1. The number of nitrogens with zero attached hydrogens (tertiary/aromatic N) is 2. The van der Waals surface area contributed by atoms with E-state index in [1.165, 1.54) is 0 Å². The van der Waals surface area contributed by atoms with Gasteiger partial charge in [-0.05, 0) is 0 Å². The number of carboxylic acid groups (broad SMARTS) is 1. The van der Waals surface area contributed by atoms with Crippen molar-refractivity contribution in [3.8, 4) is 0 Å². The predicted octanol–water partition coefficient (Wildman–Crippen LogP) is -2.11. The third-order valence-electron chi connectivity index (χ3n) is 3.05.